The maximum atomic E-state index is 3.65. The van der Waals surface area contributed by atoms with Gasteiger partial charge in [0.25, 0.3) is 0 Å². The molecule has 1 aromatic carbocycles. The van der Waals surface area contributed by atoms with E-state index < -0.39 is 0 Å². The van der Waals surface area contributed by atoms with E-state index in [2.05, 4.69) is 63.3 Å². The molecule has 2 aliphatic carbocycles. The number of nitrogens with one attached hydrogen (secondary N) is 1. The first-order valence-electron chi connectivity index (χ1n) is 7.75. The predicted molar refractivity (Wildman–Crippen MR) is 82.2 cm³/mol. The molecule has 104 valence electrons. The Morgan fingerprint density at radius 2 is 1.79 bits per heavy atom. The Hall–Kier alpha value is -0.980. The maximum absolute atomic E-state index is 3.65. The van der Waals surface area contributed by atoms with Crippen molar-refractivity contribution < 1.29 is 0 Å². The molecule has 0 radical (unpaired) electrons. The minimum Gasteiger partial charge on any atom is -0.385 e. The summed E-state index contributed by atoms with van der Waals surface area (Å²) in [6.45, 7) is 11.1. The standard InChI is InChI=1S/C18H27N/c1-13-14(2)18(4)12-17(13,3)10-15(18)11-19-16-8-6-5-7-9-16/h5-9,13-15,19H,10-12H2,1-4H3. The first-order valence-corrected chi connectivity index (χ1v) is 7.75. The smallest absolute Gasteiger partial charge is 0.0340 e. The summed E-state index contributed by atoms with van der Waals surface area (Å²) in [6.07, 6.45) is 2.82. The minimum absolute atomic E-state index is 0.538. The fourth-order valence-corrected chi connectivity index (χ4v) is 5.04. The van der Waals surface area contributed by atoms with Crippen molar-refractivity contribution in [1.82, 2.24) is 0 Å². The van der Waals surface area contributed by atoms with Crippen molar-refractivity contribution in [2.75, 3.05) is 11.9 Å². The van der Waals surface area contributed by atoms with Crippen molar-refractivity contribution in [3.8, 4) is 0 Å². The third-order valence-electron chi connectivity index (χ3n) is 6.65. The number of hydrogen-bond acceptors (Lipinski definition) is 1. The number of hydrogen-bond donors (Lipinski definition) is 1. The lowest BCUT2D eigenvalue weighted by Gasteiger charge is -2.42. The van der Waals surface area contributed by atoms with Crippen molar-refractivity contribution in [3.63, 3.8) is 0 Å². The number of para-hydroxylation sites is 1. The largest absolute Gasteiger partial charge is 0.385 e. The minimum atomic E-state index is 0.538. The Balaban J connectivity index is 1.71. The average Bonchev–Trinajstić information content (AvgIpc) is 2.77. The molecule has 0 spiro atoms. The molecular formula is C18H27N. The first kappa shape index (κ1) is 13.0. The van der Waals surface area contributed by atoms with Crippen LogP contribution in [0.4, 0.5) is 5.69 Å². The molecule has 1 nitrogen and oxygen atoms in total. The van der Waals surface area contributed by atoms with Crippen molar-refractivity contribution in [1.29, 1.82) is 0 Å². The predicted octanol–water partition coefficient (Wildman–Crippen LogP) is 4.81. The summed E-state index contributed by atoms with van der Waals surface area (Å²) in [7, 11) is 0. The zero-order valence-corrected chi connectivity index (χ0v) is 12.7. The summed E-state index contributed by atoms with van der Waals surface area (Å²) >= 11 is 0. The quantitative estimate of drug-likeness (QED) is 0.819. The summed E-state index contributed by atoms with van der Waals surface area (Å²) in [6, 6.07) is 10.6. The molecule has 1 heteroatoms. The average molecular weight is 257 g/mol. The van der Waals surface area contributed by atoms with Crippen LogP contribution >= 0.6 is 0 Å². The highest BCUT2D eigenvalue weighted by atomic mass is 14.9. The van der Waals surface area contributed by atoms with Crippen LogP contribution in [-0.2, 0) is 0 Å². The second kappa shape index (κ2) is 4.26. The highest BCUT2D eigenvalue weighted by molar-refractivity contribution is 5.42. The van der Waals surface area contributed by atoms with Gasteiger partial charge in [0.15, 0.2) is 0 Å². The SMILES string of the molecule is CC1C(C)C2(C)CC1(C)CC2CNc1ccccc1. The monoisotopic (exact) mass is 257 g/mol. The van der Waals surface area contributed by atoms with E-state index in [-0.39, 0.29) is 0 Å². The first-order chi connectivity index (χ1) is 8.96. The van der Waals surface area contributed by atoms with E-state index >= 15 is 0 Å². The van der Waals surface area contributed by atoms with E-state index in [4.69, 9.17) is 0 Å². The molecule has 0 amide bonds. The van der Waals surface area contributed by atoms with Gasteiger partial charge in [-0.2, -0.15) is 0 Å². The van der Waals surface area contributed by atoms with Gasteiger partial charge in [0, 0.05) is 12.2 Å². The van der Waals surface area contributed by atoms with Crippen LogP contribution in [0.25, 0.3) is 0 Å². The van der Waals surface area contributed by atoms with Gasteiger partial charge < -0.3 is 5.32 Å². The Labute approximate surface area is 117 Å². The molecule has 1 aromatic rings. The Morgan fingerprint density at radius 1 is 1.11 bits per heavy atom. The summed E-state index contributed by atoms with van der Waals surface area (Å²) in [5.74, 6) is 2.56. The van der Waals surface area contributed by atoms with Crippen molar-refractivity contribution in [3.05, 3.63) is 30.3 Å². The molecule has 5 unspecified atom stereocenters. The fourth-order valence-electron chi connectivity index (χ4n) is 5.04. The van der Waals surface area contributed by atoms with Crippen LogP contribution in [0, 0.1) is 28.6 Å². The molecule has 19 heavy (non-hydrogen) atoms. The molecular weight excluding hydrogens is 230 g/mol. The van der Waals surface area contributed by atoms with Crippen molar-refractivity contribution in [2.24, 2.45) is 28.6 Å². The topological polar surface area (TPSA) is 12.0 Å². The highest BCUT2D eigenvalue weighted by Gasteiger charge is 2.62. The van der Waals surface area contributed by atoms with Gasteiger partial charge in [0.1, 0.15) is 0 Å². The summed E-state index contributed by atoms with van der Waals surface area (Å²) in [4.78, 5) is 0. The maximum Gasteiger partial charge on any atom is 0.0340 e. The Bertz CT molecular complexity index is 454. The van der Waals surface area contributed by atoms with Gasteiger partial charge >= 0.3 is 0 Å². The lowest BCUT2D eigenvalue weighted by atomic mass is 9.64. The number of anilines is 1. The van der Waals surface area contributed by atoms with E-state index in [0.29, 0.717) is 10.8 Å². The molecule has 5 atom stereocenters. The molecule has 0 heterocycles. The van der Waals surface area contributed by atoms with Crippen molar-refractivity contribution in [2.45, 2.75) is 40.5 Å². The van der Waals surface area contributed by atoms with E-state index in [1.165, 1.54) is 18.5 Å². The fraction of sp³-hybridized carbons (Fsp3) is 0.667. The van der Waals surface area contributed by atoms with Crippen LogP contribution in [0.15, 0.2) is 30.3 Å². The van der Waals surface area contributed by atoms with Gasteiger partial charge in [0.2, 0.25) is 0 Å². The van der Waals surface area contributed by atoms with Gasteiger partial charge in [-0.05, 0) is 53.6 Å². The summed E-state index contributed by atoms with van der Waals surface area (Å²) in [5.41, 5.74) is 2.38. The van der Waals surface area contributed by atoms with Crippen LogP contribution in [0.3, 0.4) is 0 Å². The third kappa shape index (κ3) is 1.89. The lowest BCUT2D eigenvalue weighted by Crippen LogP contribution is -2.38. The third-order valence-corrected chi connectivity index (χ3v) is 6.65. The van der Waals surface area contributed by atoms with E-state index in [1.54, 1.807) is 0 Å². The van der Waals surface area contributed by atoms with E-state index in [0.717, 1.165) is 24.3 Å². The summed E-state index contributed by atoms with van der Waals surface area (Å²) in [5, 5.41) is 3.65. The summed E-state index contributed by atoms with van der Waals surface area (Å²) < 4.78 is 0. The molecule has 2 fully saturated rings. The number of rotatable bonds is 3. The highest BCUT2D eigenvalue weighted by Crippen LogP contribution is 2.69. The molecule has 1 N–H and O–H groups in total. The van der Waals surface area contributed by atoms with Gasteiger partial charge in [-0.3, -0.25) is 0 Å². The van der Waals surface area contributed by atoms with Gasteiger partial charge in [-0.25, -0.2) is 0 Å². The van der Waals surface area contributed by atoms with Crippen LogP contribution in [0.2, 0.25) is 0 Å². The van der Waals surface area contributed by atoms with Crippen LogP contribution in [0.1, 0.15) is 40.5 Å². The molecule has 2 bridgehead atoms. The Kier molecular flexibility index (Phi) is 2.92. The van der Waals surface area contributed by atoms with Crippen molar-refractivity contribution >= 4 is 5.69 Å². The zero-order valence-electron chi connectivity index (χ0n) is 12.7. The molecule has 2 saturated carbocycles. The van der Waals surface area contributed by atoms with E-state index in [1.807, 2.05) is 0 Å². The molecule has 2 aliphatic rings. The van der Waals surface area contributed by atoms with Crippen LogP contribution < -0.4 is 5.32 Å². The molecule has 0 aliphatic heterocycles. The zero-order chi connectivity index (χ0) is 13.7. The lowest BCUT2D eigenvalue weighted by molar-refractivity contribution is 0.0804. The van der Waals surface area contributed by atoms with Gasteiger partial charge in [0.05, 0.1) is 0 Å². The van der Waals surface area contributed by atoms with E-state index in [9.17, 15) is 0 Å². The second-order valence-corrected chi connectivity index (χ2v) is 7.56. The van der Waals surface area contributed by atoms with Gasteiger partial charge in [-0.15, -0.1) is 0 Å². The Morgan fingerprint density at radius 3 is 2.37 bits per heavy atom. The number of benzene rings is 1. The second-order valence-electron chi connectivity index (χ2n) is 7.56. The molecule has 0 saturated heterocycles. The molecule has 0 aromatic heterocycles. The normalized spacial score (nSPS) is 44.5. The van der Waals surface area contributed by atoms with Crippen LogP contribution in [-0.4, -0.2) is 6.54 Å². The van der Waals surface area contributed by atoms with Gasteiger partial charge in [-0.1, -0.05) is 45.9 Å². The molecule has 3 rings (SSSR count). The number of fused-ring (bicyclic) bond motifs is 2. The van der Waals surface area contributed by atoms with Crippen LogP contribution in [0.5, 0.6) is 0 Å².